The van der Waals surface area contributed by atoms with E-state index in [0.717, 1.165) is 17.6 Å². The molecule has 0 amide bonds. The highest BCUT2D eigenvalue weighted by Crippen LogP contribution is 2.35. The zero-order valence-electron chi connectivity index (χ0n) is 16.3. The van der Waals surface area contributed by atoms with Gasteiger partial charge in [0, 0.05) is 22.5 Å². The molecule has 0 atom stereocenters. The normalized spacial score (nSPS) is 14.6. The molecule has 0 bridgehead atoms. The Kier molecular flexibility index (Phi) is 3.76. The summed E-state index contributed by atoms with van der Waals surface area (Å²) in [7, 11) is -1.38. The minimum Gasteiger partial charge on any atom is -0.456 e. The van der Waals surface area contributed by atoms with E-state index in [1.54, 1.807) is 10.8 Å². The van der Waals surface area contributed by atoms with Crippen molar-refractivity contribution in [2.45, 2.75) is 45.3 Å². The van der Waals surface area contributed by atoms with Crippen molar-refractivity contribution in [3.63, 3.8) is 0 Å². The van der Waals surface area contributed by atoms with Gasteiger partial charge in [-0.1, -0.05) is 37.8 Å². The third kappa shape index (κ3) is 2.72. The SMILES string of the molecule is C[Si](C)(C)c1cnc(-c2ccc3oc4ccccc4c3c2)c2c1CCCC2. The van der Waals surface area contributed by atoms with Crippen molar-refractivity contribution in [2.75, 3.05) is 0 Å². The fourth-order valence-corrected chi connectivity index (χ4v) is 6.15. The van der Waals surface area contributed by atoms with E-state index in [0.29, 0.717) is 0 Å². The van der Waals surface area contributed by atoms with E-state index in [4.69, 9.17) is 9.40 Å². The zero-order valence-corrected chi connectivity index (χ0v) is 17.3. The minimum absolute atomic E-state index is 0.951. The van der Waals surface area contributed by atoms with Gasteiger partial charge in [-0.25, -0.2) is 0 Å². The quantitative estimate of drug-likeness (QED) is 0.400. The van der Waals surface area contributed by atoms with Gasteiger partial charge in [0.05, 0.1) is 13.8 Å². The molecule has 2 nitrogen and oxygen atoms in total. The number of fused-ring (bicyclic) bond motifs is 4. The molecule has 0 spiro atoms. The Morgan fingerprint density at radius 2 is 1.59 bits per heavy atom. The summed E-state index contributed by atoms with van der Waals surface area (Å²) < 4.78 is 6.00. The Labute approximate surface area is 161 Å². The van der Waals surface area contributed by atoms with Crippen LogP contribution in [-0.4, -0.2) is 13.1 Å². The Balaban J connectivity index is 1.74. The van der Waals surface area contributed by atoms with E-state index in [1.165, 1.54) is 46.9 Å². The van der Waals surface area contributed by atoms with E-state index in [1.807, 2.05) is 12.1 Å². The van der Waals surface area contributed by atoms with Gasteiger partial charge in [0.1, 0.15) is 11.2 Å². The van der Waals surface area contributed by atoms with Crippen LogP contribution >= 0.6 is 0 Å². The molecule has 0 aliphatic heterocycles. The van der Waals surface area contributed by atoms with E-state index in [2.05, 4.69) is 56.2 Å². The fraction of sp³-hybridized carbons (Fsp3) is 0.292. The molecule has 2 aromatic carbocycles. The molecule has 0 unspecified atom stereocenters. The molecule has 0 saturated heterocycles. The lowest BCUT2D eigenvalue weighted by molar-refractivity contribution is 0.669. The molecule has 0 fully saturated rings. The molecule has 2 aromatic heterocycles. The molecule has 136 valence electrons. The number of aromatic nitrogens is 1. The summed E-state index contributed by atoms with van der Waals surface area (Å²) >= 11 is 0. The van der Waals surface area contributed by atoms with Crippen LogP contribution in [0.25, 0.3) is 33.2 Å². The highest BCUT2D eigenvalue weighted by molar-refractivity contribution is 6.89. The molecule has 27 heavy (non-hydrogen) atoms. The molecule has 3 heteroatoms. The molecule has 1 aliphatic rings. The first-order valence-electron chi connectivity index (χ1n) is 9.95. The van der Waals surface area contributed by atoms with Gasteiger partial charge in [-0.3, -0.25) is 4.98 Å². The molecular weight excluding hydrogens is 346 g/mol. The molecule has 4 aromatic rings. The Bertz CT molecular complexity index is 1170. The summed E-state index contributed by atoms with van der Waals surface area (Å²) in [6.07, 6.45) is 7.12. The number of rotatable bonds is 2. The molecule has 5 rings (SSSR count). The van der Waals surface area contributed by atoms with Crippen molar-refractivity contribution >= 4 is 35.2 Å². The summed E-state index contributed by atoms with van der Waals surface area (Å²) in [5.41, 5.74) is 7.39. The van der Waals surface area contributed by atoms with Gasteiger partial charge in [0.25, 0.3) is 0 Å². The number of benzene rings is 2. The van der Waals surface area contributed by atoms with E-state index in [-0.39, 0.29) is 0 Å². The summed E-state index contributed by atoms with van der Waals surface area (Å²) in [4.78, 5) is 5.00. The van der Waals surface area contributed by atoms with Crippen LogP contribution in [0.5, 0.6) is 0 Å². The third-order valence-electron chi connectivity index (χ3n) is 5.86. The first kappa shape index (κ1) is 16.8. The van der Waals surface area contributed by atoms with Gasteiger partial charge < -0.3 is 4.42 Å². The van der Waals surface area contributed by atoms with Gasteiger partial charge in [-0.05, 0) is 66.3 Å². The van der Waals surface area contributed by atoms with Gasteiger partial charge in [-0.2, -0.15) is 0 Å². The minimum atomic E-state index is -1.38. The van der Waals surface area contributed by atoms with Crippen LogP contribution in [0.15, 0.2) is 53.1 Å². The van der Waals surface area contributed by atoms with Crippen LogP contribution in [-0.2, 0) is 12.8 Å². The van der Waals surface area contributed by atoms with Gasteiger partial charge in [0.15, 0.2) is 0 Å². The molecule has 0 radical (unpaired) electrons. The lowest BCUT2D eigenvalue weighted by Crippen LogP contribution is -2.42. The first-order valence-corrected chi connectivity index (χ1v) is 13.5. The van der Waals surface area contributed by atoms with Gasteiger partial charge >= 0.3 is 0 Å². The monoisotopic (exact) mass is 371 g/mol. The van der Waals surface area contributed by atoms with Crippen LogP contribution in [0.3, 0.4) is 0 Å². The van der Waals surface area contributed by atoms with Gasteiger partial charge in [0.2, 0.25) is 0 Å². The molecule has 1 aliphatic carbocycles. The lowest BCUT2D eigenvalue weighted by Gasteiger charge is -2.27. The Morgan fingerprint density at radius 1 is 0.852 bits per heavy atom. The standard InChI is InChI=1S/C24H25NOSi/c1-27(2,3)23-15-25-24(19-10-5-4-9-18(19)23)16-12-13-22-20(14-16)17-8-6-7-11-21(17)26-22/h6-8,11-15H,4-5,9-10H2,1-3H3. The van der Waals surface area contributed by atoms with Crippen LogP contribution in [0, 0.1) is 0 Å². The van der Waals surface area contributed by atoms with Gasteiger partial charge in [-0.15, -0.1) is 0 Å². The van der Waals surface area contributed by atoms with E-state index < -0.39 is 8.07 Å². The topological polar surface area (TPSA) is 26.0 Å². The van der Waals surface area contributed by atoms with Crippen molar-refractivity contribution in [1.29, 1.82) is 0 Å². The zero-order chi connectivity index (χ0) is 18.6. The predicted molar refractivity (Wildman–Crippen MR) is 117 cm³/mol. The van der Waals surface area contributed by atoms with Crippen LogP contribution < -0.4 is 5.19 Å². The maximum absolute atomic E-state index is 6.00. The maximum Gasteiger partial charge on any atom is 0.135 e. The largest absolute Gasteiger partial charge is 0.456 e. The Hall–Kier alpha value is -2.39. The number of para-hydroxylation sites is 1. The molecule has 2 heterocycles. The second-order valence-electron chi connectivity index (χ2n) is 8.74. The predicted octanol–water partition coefficient (Wildman–Crippen LogP) is 6.07. The number of furan rings is 1. The second-order valence-corrected chi connectivity index (χ2v) is 13.8. The van der Waals surface area contributed by atoms with Crippen molar-refractivity contribution in [3.8, 4) is 11.3 Å². The van der Waals surface area contributed by atoms with Crippen molar-refractivity contribution in [1.82, 2.24) is 4.98 Å². The molecular formula is C24H25NOSi. The summed E-state index contributed by atoms with van der Waals surface area (Å²) in [6, 6.07) is 14.8. The Morgan fingerprint density at radius 3 is 2.41 bits per heavy atom. The average Bonchev–Trinajstić information content (AvgIpc) is 3.04. The average molecular weight is 372 g/mol. The van der Waals surface area contributed by atoms with E-state index in [9.17, 15) is 0 Å². The summed E-state index contributed by atoms with van der Waals surface area (Å²) in [5.74, 6) is 0. The van der Waals surface area contributed by atoms with Crippen molar-refractivity contribution < 1.29 is 4.42 Å². The highest BCUT2D eigenvalue weighted by Gasteiger charge is 2.26. The summed E-state index contributed by atoms with van der Waals surface area (Å²) in [6.45, 7) is 7.30. The highest BCUT2D eigenvalue weighted by atomic mass is 28.3. The second kappa shape index (κ2) is 6.06. The summed E-state index contributed by atoms with van der Waals surface area (Å²) in [5, 5.41) is 3.92. The van der Waals surface area contributed by atoms with Crippen molar-refractivity contribution in [2.24, 2.45) is 0 Å². The number of hydrogen-bond acceptors (Lipinski definition) is 2. The number of nitrogens with zero attached hydrogens (tertiary/aromatic N) is 1. The lowest BCUT2D eigenvalue weighted by atomic mass is 9.88. The fourth-order valence-electron chi connectivity index (χ4n) is 4.52. The maximum atomic E-state index is 6.00. The smallest absolute Gasteiger partial charge is 0.135 e. The number of hydrogen-bond donors (Lipinski definition) is 0. The number of pyridine rings is 1. The van der Waals surface area contributed by atoms with Crippen LogP contribution in [0.2, 0.25) is 19.6 Å². The molecule has 0 N–H and O–H groups in total. The third-order valence-corrected chi connectivity index (χ3v) is 7.91. The van der Waals surface area contributed by atoms with Crippen LogP contribution in [0.4, 0.5) is 0 Å². The molecule has 0 saturated carbocycles. The first-order chi connectivity index (χ1) is 13.0. The van der Waals surface area contributed by atoms with Crippen LogP contribution in [0.1, 0.15) is 24.0 Å². The van der Waals surface area contributed by atoms with E-state index >= 15 is 0 Å². The van der Waals surface area contributed by atoms with Crippen molar-refractivity contribution in [3.05, 3.63) is 59.8 Å².